The van der Waals surface area contributed by atoms with Crippen molar-refractivity contribution < 1.29 is 9.47 Å². The molecule has 2 rings (SSSR count). The fourth-order valence-corrected chi connectivity index (χ4v) is 1.98. The molecule has 88 valence electrons. The molecule has 1 unspecified atom stereocenters. The molecule has 1 heterocycles. The number of hydrogen-bond donors (Lipinski definition) is 1. The molecule has 0 radical (unpaired) electrons. The minimum atomic E-state index is 0.219. The van der Waals surface area contributed by atoms with Crippen molar-refractivity contribution in [1.82, 2.24) is 5.32 Å². The highest BCUT2D eigenvalue weighted by Gasteiger charge is 2.19. The quantitative estimate of drug-likeness (QED) is 0.842. The van der Waals surface area contributed by atoms with Gasteiger partial charge >= 0.3 is 0 Å². The molecule has 0 aromatic heterocycles. The largest absolute Gasteiger partial charge is 0.487 e. The summed E-state index contributed by atoms with van der Waals surface area (Å²) in [6.45, 7) is 4.46. The molecule has 1 fully saturated rings. The average molecular weight is 221 g/mol. The maximum Gasteiger partial charge on any atom is 0.127 e. The molecule has 1 aliphatic rings. The fourth-order valence-electron chi connectivity index (χ4n) is 1.98. The van der Waals surface area contributed by atoms with Crippen LogP contribution in [0.2, 0.25) is 0 Å². The van der Waals surface area contributed by atoms with Crippen LogP contribution in [-0.4, -0.2) is 26.4 Å². The van der Waals surface area contributed by atoms with Crippen LogP contribution in [0.25, 0.3) is 0 Å². The Morgan fingerprint density at radius 3 is 3.06 bits per heavy atom. The highest BCUT2D eigenvalue weighted by Crippen LogP contribution is 2.26. The summed E-state index contributed by atoms with van der Waals surface area (Å²) in [7, 11) is 1.95. The Morgan fingerprint density at radius 1 is 1.50 bits per heavy atom. The summed E-state index contributed by atoms with van der Waals surface area (Å²) in [6, 6.07) is 6.26. The first-order valence-corrected chi connectivity index (χ1v) is 5.78. The molecule has 3 nitrogen and oxygen atoms in total. The van der Waals surface area contributed by atoms with Crippen LogP contribution >= 0.6 is 0 Å². The summed E-state index contributed by atoms with van der Waals surface area (Å²) in [5.74, 6) is 1.02. The van der Waals surface area contributed by atoms with Crippen molar-refractivity contribution >= 4 is 0 Å². The third-order valence-electron chi connectivity index (χ3n) is 2.83. The minimum absolute atomic E-state index is 0.219. The molecule has 3 heteroatoms. The molecule has 0 saturated carbocycles. The van der Waals surface area contributed by atoms with Crippen molar-refractivity contribution in [1.29, 1.82) is 0 Å². The van der Waals surface area contributed by atoms with E-state index in [1.54, 1.807) is 0 Å². The molecule has 1 aliphatic heterocycles. The zero-order chi connectivity index (χ0) is 11.4. The fraction of sp³-hybridized carbons (Fsp3) is 0.538. The summed E-state index contributed by atoms with van der Waals surface area (Å²) in [5.41, 5.74) is 2.41. The van der Waals surface area contributed by atoms with Crippen molar-refractivity contribution in [2.45, 2.75) is 26.0 Å². The van der Waals surface area contributed by atoms with Crippen molar-refractivity contribution in [2.75, 3.05) is 20.3 Å². The first kappa shape index (κ1) is 11.4. The van der Waals surface area contributed by atoms with Crippen LogP contribution in [0, 0.1) is 6.92 Å². The van der Waals surface area contributed by atoms with E-state index < -0.39 is 0 Å². The van der Waals surface area contributed by atoms with Crippen LogP contribution in [0.4, 0.5) is 0 Å². The Hall–Kier alpha value is -1.06. The molecule has 1 aromatic carbocycles. The van der Waals surface area contributed by atoms with Gasteiger partial charge < -0.3 is 14.8 Å². The molecule has 1 aromatic rings. The second kappa shape index (κ2) is 5.32. The lowest BCUT2D eigenvalue weighted by Gasteiger charge is -2.17. The van der Waals surface area contributed by atoms with Crippen LogP contribution in [0.3, 0.4) is 0 Å². The van der Waals surface area contributed by atoms with Gasteiger partial charge in [0, 0.05) is 18.5 Å². The number of para-hydroxylation sites is 1. The second-order valence-corrected chi connectivity index (χ2v) is 4.20. The van der Waals surface area contributed by atoms with Crippen LogP contribution in [-0.2, 0) is 11.3 Å². The third kappa shape index (κ3) is 2.54. The molecule has 1 N–H and O–H groups in total. The molecular weight excluding hydrogens is 202 g/mol. The van der Waals surface area contributed by atoms with Gasteiger partial charge in [-0.05, 0) is 19.5 Å². The molecule has 0 spiro atoms. The first-order valence-electron chi connectivity index (χ1n) is 5.78. The van der Waals surface area contributed by atoms with Gasteiger partial charge in [0.05, 0.1) is 13.2 Å². The van der Waals surface area contributed by atoms with E-state index in [0.29, 0.717) is 6.61 Å². The van der Waals surface area contributed by atoms with Crippen molar-refractivity contribution in [2.24, 2.45) is 0 Å². The maximum absolute atomic E-state index is 6.02. The van der Waals surface area contributed by atoms with Gasteiger partial charge in [-0.1, -0.05) is 18.2 Å². The van der Waals surface area contributed by atoms with Gasteiger partial charge in [0.25, 0.3) is 0 Å². The number of hydrogen-bond acceptors (Lipinski definition) is 3. The summed E-state index contributed by atoms with van der Waals surface area (Å²) < 4.78 is 11.4. The van der Waals surface area contributed by atoms with Gasteiger partial charge in [0.15, 0.2) is 0 Å². The van der Waals surface area contributed by atoms with E-state index in [0.717, 1.165) is 25.3 Å². The minimum Gasteiger partial charge on any atom is -0.487 e. The zero-order valence-corrected chi connectivity index (χ0v) is 9.95. The lowest BCUT2D eigenvalue weighted by Crippen LogP contribution is -2.18. The van der Waals surface area contributed by atoms with Gasteiger partial charge in [-0.25, -0.2) is 0 Å². The molecule has 0 amide bonds. The normalized spacial score (nSPS) is 20.0. The van der Waals surface area contributed by atoms with Crippen molar-refractivity contribution in [3.05, 3.63) is 29.3 Å². The van der Waals surface area contributed by atoms with E-state index in [9.17, 15) is 0 Å². The molecule has 0 aliphatic carbocycles. The molecule has 16 heavy (non-hydrogen) atoms. The standard InChI is InChI=1S/C13H19NO2/c1-10-4-3-5-11(8-14-2)13(10)16-12-6-7-15-9-12/h3-5,12,14H,6-9H2,1-2H3. The van der Waals surface area contributed by atoms with Crippen molar-refractivity contribution in [3.8, 4) is 5.75 Å². The summed E-state index contributed by atoms with van der Waals surface area (Å²) in [4.78, 5) is 0. The topological polar surface area (TPSA) is 30.5 Å². The summed E-state index contributed by atoms with van der Waals surface area (Å²) in [5, 5.41) is 3.17. The average Bonchev–Trinajstić information content (AvgIpc) is 2.76. The van der Waals surface area contributed by atoms with Gasteiger partial charge in [0.2, 0.25) is 0 Å². The van der Waals surface area contributed by atoms with Gasteiger partial charge in [-0.2, -0.15) is 0 Å². The van der Waals surface area contributed by atoms with E-state index in [-0.39, 0.29) is 6.10 Å². The number of nitrogens with one attached hydrogen (secondary N) is 1. The smallest absolute Gasteiger partial charge is 0.127 e. The van der Waals surface area contributed by atoms with Crippen LogP contribution in [0.5, 0.6) is 5.75 Å². The van der Waals surface area contributed by atoms with Crippen LogP contribution < -0.4 is 10.1 Å². The lowest BCUT2D eigenvalue weighted by molar-refractivity contribution is 0.140. The molecule has 1 saturated heterocycles. The zero-order valence-electron chi connectivity index (χ0n) is 9.95. The van der Waals surface area contributed by atoms with E-state index >= 15 is 0 Å². The Morgan fingerprint density at radius 2 is 2.38 bits per heavy atom. The third-order valence-corrected chi connectivity index (χ3v) is 2.83. The van der Waals surface area contributed by atoms with E-state index in [2.05, 4.69) is 30.4 Å². The molecular formula is C13H19NO2. The van der Waals surface area contributed by atoms with Crippen LogP contribution in [0.1, 0.15) is 17.5 Å². The summed E-state index contributed by atoms with van der Waals surface area (Å²) in [6.07, 6.45) is 1.21. The van der Waals surface area contributed by atoms with Gasteiger partial charge in [0.1, 0.15) is 11.9 Å². The Labute approximate surface area is 96.8 Å². The number of rotatable bonds is 4. The summed E-state index contributed by atoms with van der Waals surface area (Å²) >= 11 is 0. The van der Waals surface area contributed by atoms with Crippen molar-refractivity contribution in [3.63, 3.8) is 0 Å². The Balaban J connectivity index is 2.16. The van der Waals surface area contributed by atoms with E-state index in [4.69, 9.17) is 9.47 Å². The maximum atomic E-state index is 6.02. The van der Waals surface area contributed by atoms with Crippen LogP contribution in [0.15, 0.2) is 18.2 Å². The highest BCUT2D eigenvalue weighted by atomic mass is 16.5. The van der Waals surface area contributed by atoms with E-state index in [1.807, 2.05) is 7.05 Å². The second-order valence-electron chi connectivity index (χ2n) is 4.20. The lowest BCUT2D eigenvalue weighted by atomic mass is 10.1. The number of benzene rings is 1. The number of ether oxygens (including phenoxy) is 2. The Bertz CT molecular complexity index is 346. The highest BCUT2D eigenvalue weighted by molar-refractivity contribution is 5.40. The van der Waals surface area contributed by atoms with E-state index in [1.165, 1.54) is 11.1 Å². The predicted octanol–water partition coefficient (Wildman–Crippen LogP) is 1.88. The van der Waals surface area contributed by atoms with Gasteiger partial charge in [-0.15, -0.1) is 0 Å². The molecule has 0 bridgehead atoms. The Kier molecular flexibility index (Phi) is 3.80. The SMILES string of the molecule is CNCc1cccc(C)c1OC1CCOC1. The molecule has 1 atom stereocenters. The first-order chi connectivity index (χ1) is 7.81. The number of aryl methyl sites for hydroxylation is 1. The predicted molar refractivity (Wildman–Crippen MR) is 63.8 cm³/mol. The van der Waals surface area contributed by atoms with Gasteiger partial charge in [-0.3, -0.25) is 0 Å². The monoisotopic (exact) mass is 221 g/mol.